The van der Waals surface area contributed by atoms with Crippen LogP contribution in [0, 0.1) is 0 Å². The maximum atomic E-state index is 5.69. The van der Waals surface area contributed by atoms with Gasteiger partial charge in [0.15, 0.2) is 5.96 Å². The molecule has 0 radical (unpaired) electrons. The van der Waals surface area contributed by atoms with E-state index in [0.717, 1.165) is 36.9 Å². The number of benzene rings is 2. The van der Waals surface area contributed by atoms with Gasteiger partial charge < -0.3 is 20.3 Å². The van der Waals surface area contributed by atoms with Crippen molar-refractivity contribution < 1.29 is 4.74 Å². The van der Waals surface area contributed by atoms with Crippen LogP contribution in [-0.2, 0) is 13.1 Å². The predicted octanol–water partition coefficient (Wildman–Crippen LogP) is 3.50. The van der Waals surface area contributed by atoms with Gasteiger partial charge in [0.05, 0.1) is 6.61 Å². The van der Waals surface area contributed by atoms with Crippen LogP contribution in [0.4, 0.5) is 5.69 Å². The van der Waals surface area contributed by atoms with Crippen molar-refractivity contribution in [3.63, 3.8) is 0 Å². The molecule has 1 saturated heterocycles. The van der Waals surface area contributed by atoms with Gasteiger partial charge in [-0.1, -0.05) is 30.3 Å². The number of guanidine groups is 1. The number of para-hydroxylation sites is 1. The van der Waals surface area contributed by atoms with Crippen molar-refractivity contribution in [2.24, 2.45) is 4.99 Å². The number of hydrogen-bond acceptors (Lipinski definition) is 4. The molecular formula is C22H30N4OS. The maximum Gasteiger partial charge on any atom is 0.191 e. The highest BCUT2D eigenvalue weighted by Crippen LogP contribution is 2.20. The van der Waals surface area contributed by atoms with Crippen LogP contribution in [0.5, 0.6) is 5.75 Å². The van der Waals surface area contributed by atoms with E-state index < -0.39 is 0 Å². The van der Waals surface area contributed by atoms with Gasteiger partial charge in [-0.3, -0.25) is 4.99 Å². The summed E-state index contributed by atoms with van der Waals surface area (Å²) in [7, 11) is 1.79. The number of anilines is 1. The first-order valence-corrected chi connectivity index (χ1v) is 11.0. The van der Waals surface area contributed by atoms with E-state index in [1.807, 2.05) is 36.9 Å². The summed E-state index contributed by atoms with van der Waals surface area (Å²) >= 11 is 2.04. The Morgan fingerprint density at radius 3 is 2.46 bits per heavy atom. The highest BCUT2D eigenvalue weighted by Gasteiger charge is 2.11. The van der Waals surface area contributed by atoms with E-state index in [1.54, 1.807) is 7.05 Å². The van der Waals surface area contributed by atoms with E-state index in [1.165, 1.54) is 22.8 Å². The molecule has 28 heavy (non-hydrogen) atoms. The van der Waals surface area contributed by atoms with Crippen molar-refractivity contribution in [2.75, 3.05) is 43.1 Å². The summed E-state index contributed by atoms with van der Waals surface area (Å²) in [5, 5.41) is 6.75. The SMILES string of the molecule is CCOc1ccccc1CNC(=NC)NCc1ccc(N2CCSCC2)cc1. The van der Waals surface area contributed by atoms with Crippen LogP contribution in [0.3, 0.4) is 0 Å². The van der Waals surface area contributed by atoms with Crippen LogP contribution in [0.25, 0.3) is 0 Å². The largest absolute Gasteiger partial charge is 0.494 e. The molecule has 1 heterocycles. The van der Waals surface area contributed by atoms with Gasteiger partial charge in [0.1, 0.15) is 5.75 Å². The van der Waals surface area contributed by atoms with Gasteiger partial charge >= 0.3 is 0 Å². The molecule has 6 heteroatoms. The van der Waals surface area contributed by atoms with Gasteiger partial charge in [-0.05, 0) is 30.7 Å². The zero-order valence-electron chi connectivity index (χ0n) is 16.8. The van der Waals surface area contributed by atoms with Crippen molar-refractivity contribution in [2.45, 2.75) is 20.0 Å². The number of aliphatic imine (C=N–C) groups is 1. The van der Waals surface area contributed by atoms with E-state index in [-0.39, 0.29) is 0 Å². The lowest BCUT2D eigenvalue weighted by molar-refractivity contribution is 0.336. The molecule has 0 spiro atoms. The van der Waals surface area contributed by atoms with Crippen LogP contribution in [0.1, 0.15) is 18.1 Å². The van der Waals surface area contributed by atoms with Crippen LogP contribution >= 0.6 is 11.8 Å². The maximum absolute atomic E-state index is 5.69. The summed E-state index contributed by atoms with van der Waals surface area (Å²) in [5.41, 5.74) is 3.68. The first-order valence-electron chi connectivity index (χ1n) is 9.87. The minimum Gasteiger partial charge on any atom is -0.494 e. The first kappa shape index (κ1) is 20.4. The van der Waals surface area contributed by atoms with Gasteiger partial charge in [-0.2, -0.15) is 11.8 Å². The lowest BCUT2D eigenvalue weighted by atomic mass is 10.2. The van der Waals surface area contributed by atoms with E-state index in [2.05, 4.69) is 50.9 Å². The molecule has 0 atom stereocenters. The van der Waals surface area contributed by atoms with Crippen molar-refractivity contribution in [1.29, 1.82) is 0 Å². The standard InChI is InChI=1S/C22H30N4OS/c1-3-27-21-7-5-4-6-19(21)17-25-22(23-2)24-16-18-8-10-20(11-9-18)26-12-14-28-15-13-26/h4-11H,3,12-17H2,1-2H3,(H2,23,24,25). The summed E-state index contributed by atoms with van der Waals surface area (Å²) in [6.45, 7) is 6.35. The van der Waals surface area contributed by atoms with Crippen molar-refractivity contribution in [3.8, 4) is 5.75 Å². The Hall–Kier alpha value is -2.34. The fourth-order valence-corrected chi connectivity index (χ4v) is 4.08. The number of nitrogens with one attached hydrogen (secondary N) is 2. The van der Waals surface area contributed by atoms with E-state index >= 15 is 0 Å². The number of nitrogens with zero attached hydrogens (tertiary/aromatic N) is 2. The van der Waals surface area contributed by atoms with Gasteiger partial charge in [-0.25, -0.2) is 0 Å². The zero-order chi connectivity index (χ0) is 19.6. The Morgan fingerprint density at radius 1 is 1.04 bits per heavy atom. The molecule has 1 aliphatic rings. The lowest BCUT2D eigenvalue weighted by Gasteiger charge is -2.28. The third kappa shape index (κ3) is 5.83. The fourth-order valence-electron chi connectivity index (χ4n) is 3.18. The van der Waals surface area contributed by atoms with Gasteiger partial charge in [0.25, 0.3) is 0 Å². The van der Waals surface area contributed by atoms with E-state index in [4.69, 9.17) is 4.74 Å². The molecule has 1 aliphatic heterocycles. The Bertz CT molecular complexity index is 757. The molecule has 2 aromatic rings. The average molecular weight is 399 g/mol. The summed E-state index contributed by atoms with van der Waals surface area (Å²) < 4.78 is 5.69. The molecule has 0 unspecified atom stereocenters. The second kappa shape index (κ2) is 10.9. The zero-order valence-corrected chi connectivity index (χ0v) is 17.6. The molecule has 150 valence electrons. The Balaban J connectivity index is 1.50. The lowest BCUT2D eigenvalue weighted by Crippen LogP contribution is -2.36. The molecule has 0 aliphatic carbocycles. The molecule has 0 amide bonds. The molecule has 3 rings (SSSR count). The highest BCUT2D eigenvalue weighted by atomic mass is 32.2. The van der Waals surface area contributed by atoms with E-state index in [0.29, 0.717) is 13.2 Å². The minimum atomic E-state index is 0.663. The van der Waals surface area contributed by atoms with Gasteiger partial charge in [0.2, 0.25) is 0 Å². The monoisotopic (exact) mass is 398 g/mol. The Labute approximate surface area is 172 Å². The molecule has 0 saturated carbocycles. The number of thioether (sulfide) groups is 1. The van der Waals surface area contributed by atoms with Crippen LogP contribution in [0.2, 0.25) is 0 Å². The van der Waals surface area contributed by atoms with Crippen LogP contribution < -0.4 is 20.3 Å². The summed E-state index contributed by atoms with van der Waals surface area (Å²) in [4.78, 5) is 6.79. The third-order valence-corrected chi connectivity index (χ3v) is 5.66. The van der Waals surface area contributed by atoms with Gasteiger partial charge in [0, 0.05) is 56.0 Å². The summed E-state index contributed by atoms with van der Waals surface area (Å²) in [6, 6.07) is 16.9. The van der Waals surface area contributed by atoms with Crippen molar-refractivity contribution in [1.82, 2.24) is 10.6 Å². The average Bonchev–Trinajstić information content (AvgIpc) is 2.76. The Kier molecular flexibility index (Phi) is 7.91. The van der Waals surface area contributed by atoms with Crippen molar-refractivity contribution >= 4 is 23.4 Å². The van der Waals surface area contributed by atoms with Crippen LogP contribution in [0.15, 0.2) is 53.5 Å². The first-order chi connectivity index (χ1) is 13.8. The predicted molar refractivity (Wildman–Crippen MR) is 121 cm³/mol. The molecular weight excluding hydrogens is 368 g/mol. The third-order valence-electron chi connectivity index (χ3n) is 4.71. The number of rotatable bonds is 7. The normalized spacial score (nSPS) is 14.6. The van der Waals surface area contributed by atoms with E-state index in [9.17, 15) is 0 Å². The van der Waals surface area contributed by atoms with Crippen LogP contribution in [-0.4, -0.2) is 44.2 Å². The minimum absolute atomic E-state index is 0.663. The number of ether oxygens (including phenoxy) is 1. The molecule has 2 aromatic carbocycles. The number of hydrogen-bond donors (Lipinski definition) is 2. The summed E-state index contributed by atoms with van der Waals surface area (Å²) in [6.07, 6.45) is 0. The van der Waals surface area contributed by atoms with Crippen molar-refractivity contribution in [3.05, 3.63) is 59.7 Å². The van der Waals surface area contributed by atoms with Gasteiger partial charge in [-0.15, -0.1) is 0 Å². The highest BCUT2D eigenvalue weighted by molar-refractivity contribution is 7.99. The summed E-state index contributed by atoms with van der Waals surface area (Å²) in [5.74, 6) is 4.14. The molecule has 0 bridgehead atoms. The Morgan fingerprint density at radius 2 is 1.75 bits per heavy atom. The molecule has 1 fully saturated rings. The quantitative estimate of drug-likeness (QED) is 0.552. The second-order valence-corrected chi connectivity index (χ2v) is 7.81. The smallest absolute Gasteiger partial charge is 0.191 e. The second-order valence-electron chi connectivity index (χ2n) is 6.59. The topological polar surface area (TPSA) is 48.9 Å². The molecule has 2 N–H and O–H groups in total. The molecule has 5 nitrogen and oxygen atoms in total. The fraction of sp³-hybridized carbons (Fsp3) is 0.409. The molecule has 0 aromatic heterocycles.